The number of esters is 1. The molecule has 1 saturated carbocycles. The second-order valence-corrected chi connectivity index (χ2v) is 7.03. The molecule has 1 aromatic carbocycles. The smallest absolute Gasteiger partial charge is 0.338 e. The van der Waals surface area contributed by atoms with Crippen molar-refractivity contribution in [2.24, 2.45) is 5.92 Å². The average Bonchev–Trinajstić information content (AvgIpc) is 2.90. The van der Waals surface area contributed by atoms with Crippen molar-refractivity contribution >= 4 is 23.1 Å². The number of halogens is 1. The van der Waals surface area contributed by atoms with Gasteiger partial charge in [-0.25, -0.2) is 4.79 Å². The minimum atomic E-state index is -0.336. The number of methoxy groups -OCH3 is 1. The van der Waals surface area contributed by atoms with E-state index in [4.69, 9.17) is 16.3 Å². The van der Waals surface area contributed by atoms with Gasteiger partial charge in [-0.15, -0.1) is 5.10 Å². The number of tetrazole rings is 1. The van der Waals surface area contributed by atoms with Crippen molar-refractivity contribution in [3.05, 3.63) is 40.7 Å². The van der Waals surface area contributed by atoms with Crippen molar-refractivity contribution in [3.63, 3.8) is 0 Å². The van der Waals surface area contributed by atoms with Gasteiger partial charge in [0.25, 0.3) is 0 Å². The van der Waals surface area contributed by atoms with Crippen LogP contribution in [0.15, 0.2) is 24.3 Å². The molecule has 1 aliphatic carbocycles. The quantitative estimate of drug-likeness (QED) is 0.456. The summed E-state index contributed by atoms with van der Waals surface area (Å²) < 4.78 is 6.58. The van der Waals surface area contributed by atoms with Crippen LogP contribution in [0.3, 0.4) is 0 Å². The third-order valence-corrected chi connectivity index (χ3v) is 5.12. The van der Waals surface area contributed by atoms with Crippen LogP contribution in [-0.2, 0) is 9.53 Å². The van der Waals surface area contributed by atoms with Gasteiger partial charge < -0.3 is 4.74 Å². The molecule has 0 radical (unpaired) electrons. The molecule has 2 aromatic rings. The van der Waals surface area contributed by atoms with Crippen LogP contribution < -0.4 is 0 Å². The summed E-state index contributed by atoms with van der Waals surface area (Å²) in [5.41, 5.74) is 2.00. The zero-order chi connectivity index (χ0) is 18.5. The molecule has 0 unspecified atom stereocenters. The predicted molar refractivity (Wildman–Crippen MR) is 100 cm³/mol. The Morgan fingerprint density at radius 2 is 2.00 bits per heavy atom. The summed E-state index contributed by atoms with van der Waals surface area (Å²) in [4.78, 5) is 12.4. The van der Waals surface area contributed by atoms with E-state index < -0.39 is 0 Å². The van der Waals surface area contributed by atoms with Crippen molar-refractivity contribution in [2.45, 2.75) is 45.4 Å². The molecular weight excluding hydrogens is 352 g/mol. The molecule has 1 aromatic heterocycles. The number of carbonyl (C=O) groups is 1. The Balaban J connectivity index is 1.95. The summed E-state index contributed by atoms with van der Waals surface area (Å²) in [6, 6.07) is 5.46. The van der Waals surface area contributed by atoms with E-state index in [0.717, 1.165) is 18.4 Å². The Bertz CT molecular complexity index is 808. The maximum Gasteiger partial charge on any atom is 0.338 e. The first kappa shape index (κ1) is 18.6. The number of benzene rings is 1. The fourth-order valence-electron chi connectivity index (χ4n) is 3.41. The molecule has 138 valence electrons. The molecule has 0 atom stereocenters. The third-order valence-electron chi connectivity index (χ3n) is 4.82. The van der Waals surface area contributed by atoms with E-state index >= 15 is 0 Å². The molecule has 0 N–H and O–H groups in total. The number of allylic oxidation sites excluding steroid dienone is 1. The van der Waals surface area contributed by atoms with Gasteiger partial charge in [-0.05, 0) is 53.8 Å². The van der Waals surface area contributed by atoms with Gasteiger partial charge in [-0.1, -0.05) is 49.4 Å². The molecule has 0 amide bonds. The highest BCUT2D eigenvalue weighted by Gasteiger charge is 2.19. The second kappa shape index (κ2) is 8.45. The van der Waals surface area contributed by atoms with Gasteiger partial charge in [-0.2, -0.15) is 4.68 Å². The lowest BCUT2D eigenvalue weighted by atomic mass is 9.94. The number of hydrogen-bond donors (Lipinski definition) is 0. The number of rotatable bonds is 4. The first-order valence-corrected chi connectivity index (χ1v) is 9.33. The number of hydrogen-bond acceptors (Lipinski definition) is 5. The lowest BCUT2D eigenvalue weighted by Crippen LogP contribution is -2.08. The Kier molecular flexibility index (Phi) is 6.04. The van der Waals surface area contributed by atoms with Crippen LogP contribution in [0.1, 0.15) is 49.9 Å². The van der Waals surface area contributed by atoms with Gasteiger partial charge in [0.2, 0.25) is 0 Å². The van der Waals surface area contributed by atoms with Gasteiger partial charge in [0.05, 0.1) is 23.4 Å². The number of nitrogens with zero attached hydrogens (tertiary/aromatic N) is 4. The molecule has 0 aliphatic heterocycles. The Morgan fingerprint density at radius 3 is 2.58 bits per heavy atom. The predicted octanol–water partition coefficient (Wildman–Crippen LogP) is 4.15. The lowest BCUT2D eigenvalue weighted by Gasteiger charge is -2.14. The van der Waals surface area contributed by atoms with Crippen LogP contribution in [0.2, 0.25) is 5.02 Å². The fourth-order valence-corrected chi connectivity index (χ4v) is 3.67. The standard InChI is InChI=1S/C19H23ClN4O2/c1-13-21-22-23-24(13)18-10-9-15(12-17(18)20)16(19(25)26-2)11-14-7-5-3-4-6-8-14/h9-12,14H,3-8H2,1-2H3/b16-11+. The lowest BCUT2D eigenvalue weighted by molar-refractivity contribution is -0.133. The highest BCUT2D eigenvalue weighted by molar-refractivity contribution is 6.33. The molecule has 0 spiro atoms. The molecule has 1 aliphatic rings. The van der Waals surface area contributed by atoms with Crippen LogP contribution >= 0.6 is 11.6 Å². The molecule has 26 heavy (non-hydrogen) atoms. The normalized spacial score (nSPS) is 16.3. The highest BCUT2D eigenvalue weighted by Crippen LogP contribution is 2.30. The molecule has 0 saturated heterocycles. The van der Waals surface area contributed by atoms with E-state index in [1.807, 2.05) is 12.1 Å². The molecule has 1 heterocycles. The Hall–Kier alpha value is -2.21. The molecule has 0 bridgehead atoms. The minimum Gasteiger partial charge on any atom is -0.465 e. The zero-order valence-corrected chi connectivity index (χ0v) is 15.9. The number of ether oxygens (including phenoxy) is 1. The number of aromatic nitrogens is 4. The van der Waals surface area contributed by atoms with Crippen molar-refractivity contribution < 1.29 is 9.53 Å². The Morgan fingerprint density at radius 1 is 1.27 bits per heavy atom. The zero-order valence-electron chi connectivity index (χ0n) is 15.1. The largest absolute Gasteiger partial charge is 0.465 e. The first-order valence-electron chi connectivity index (χ1n) is 8.95. The topological polar surface area (TPSA) is 69.9 Å². The van der Waals surface area contributed by atoms with E-state index in [-0.39, 0.29) is 5.97 Å². The van der Waals surface area contributed by atoms with E-state index in [2.05, 4.69) is 21.6 Å². The van der Waals surface area contributed by atoms with Gasteiger partial charge >= 0.3 is 5.97 Å². The van der Waals surface area contributed by atoms with E-state index in [1.54, 1.807) is 17.7 Å². The van der Waals surface area contributed by atoms with Crippen molar-refractivity contribution in [1.82, 2.24) is 20.2 Å². The van der Waals surface area contributed by atoms with Gasteiger partial charge in [0, 0.05) is 0 Å². The molecule has 7 heteroatoms. The maximum absolute atomic E-state index is 12.4. The number of carbonyl (C=O) groups excluding carboxylic acids is 1. The highest BCUT2D eigenvalue weighted by atomic mass is 35.5. The first-order chi connectivity index (χ1) is 12.6. The van der Waals surface area contributed by atoms with Gasteiger partial charge in [0.15, 0.2) is 5.82 Å². The minimum absolute atomic E-state index is 0.336. The van der Waals surface area contributed by atoms with Crippen LogP contribution in [0.25, 0.3) is 11.3 Å². The van der Waals surface area contributed by atoms with Crippen LogP contribution in [0.4, 0.5) is 0 Å². The van der Waals surface area contributed by atoms with Crippen molar-refractivity contribution in [1.29, 1.82) is 0 Å². The van der Waals surface area contributed by atoms with E-state index in [0.29, 0.717) is 28.0 Å². The van der Waals surface area contributed by atoms with Crippen molar-refractivity contribution in [2.75, 3.05) is 7.11 Å². The molecule has 3 rings (SSSR count). The molecule has 1 fully saturated rings. The summed E-state index contributed by atoms with van der Waals surface area (Å²) in [5.74, 6) is 0.699. The van der Waals surface area contributed by atoms with Gasteiger partial charge in [0.1, 0.15) is 0 Å². The summed E-state index contributed by atoms with van der Waals surface area (Å²) in [5, 5.41) is 11.9. The monoisotopic (exact) mass is 374 g/mol. The number of aryl methyl sites for hydroxylation is 1. The van der Waals surface area contributed by atoms with Crippen LogP contribution in [0.5, 0.6) is 0 Å². The molecular formula is C19H23ClN4O2. The van der Waals surface area contributed by atoms with E-state index in [9.17, 15) is 4.79 Å². The molecule has 6 nitrogen and oxygen atoms in total. The summed E-state index contributed by atoms with van der Waals surface area (Å²) in [6.45, 7) is 1.80. The Labute approximate surface area is 158 Å². The maximum atomic E-state index is 12.4. The third kappa shape index (κ3) is 4.12. The summed E-state index contributed by atoms with van der Waals surface area (Å²) >= 11 is 6.46. The summed E-state index contributed by atoms with van der Waals surface area (Å²) in [6.07, 6.45) is 9.21. The summed E-state index contributed by atoms with van der Waals surface area (Å²) in [7, 11) is 1.41. The SMILES string of the molecule is COC(=O)/C(=C/C1CCCCCC1)c1ccc(-n2nnnc2C)c(Cl)c1. The van der Waals surface area contributed by atoms with E-state index in [1.165, 1.54) is 32.8 Å². The average molecular weight is 375 g/mol. The van der Waals surface area contributed by atoms with Gasteiger partial charge in [-0.3, -0.25) is 0 Å². The van der Waals surface area contributed by atoms with Crippen LogP contribution in [-0.4, -0.2) is 33.3 Å². The van der Waals surface area contributed by atoms with Crippen molar-refractivity contribution in [3.8, 4) is 5.69 Å². The fraction of sp³-hybridized carbons (Fsp3) is 0.474. The van der Waals surface area contributed by atoms with Crippen LogP contribution in [0, 0.1) is 12.8 Å². The second-order valence-electron chi connectivity index (χ2n) is 6.63.